The summed E-state index contributed by atoms with van der Waals surface area (Å²) in [5.41, 5.74) is 0.111. The number of hydrogen-bond acceptors (Lipinski definition) is 4. The predicted molar refractivity (Wildman–Crippen MR) is 115 cm³/mol. The molecule has 0 aliphatic heterocycles. The lowest BCUT2D eigenvalue weighted by atomic mass is 10.2. The van der Waals surface area contributed by atoms with Crippen LogP contribution in [0.2, 0.25) is 0 Å². The van der Waals surface area contributed by atoms with Crippen LogP contribution in [0.1, 0.15) is 19.4 Å². The van der Waals surface area contributed by atoms with Crippen molar-refractivity contribution in [2.24, 2.45) is 0 Å². The summed E-state index contributed by atoms with van der Waals surface area (Å²) in [7, 11) is 0. The van der Waals surface area contributed by atoms with Gasteiger partial charge in [0.2, 0.25) is 5.91 Å². The molecule has 3 aromatic rings. The van der Waals surface area contributed by atoms with Gasteiger partial charge in [0.15, 0.2) is 0 Å². The molecule has 0 spiro atoms. The summed E-state index contributed by atoms with van der Waals surface area (Å²) in [4.78, 5) is 39.5. The topological polar surface area (TPSA) is 73.5 Å². The van der Waals surface area contributed by atoms with Gasteiger partial charge in [-0.15, -0.1) is 0 Å². The third-order valence-electron chi connectivity index (χ3n) is 4.74. The largest absolute Gasteiger partial charge is 0.494 e. The van der Waals surface area contributed by atoms with Crippen LogP contribution in [0, 0.1) is 0 Å². The fraction of sp³-hybridized carbons (Fsp3) is 0.261. The molecule has 3 rings (SSSR count). The van der Waals surface area contributed by atoms with Gasteiger partial charge in [-0.1, -0.05) is 30.3 Å². The Morgan fingerprint density at radius 2 is 1.63 bits per heavy atom. The molecule has 156 valence electrons. The summed E-state index contributed by atoms with van der Waals surface area (Å²) in [5, 5.41) is 0. The third kappa shape index (κ3) is 4.86. The Hall–Kier alpha value is -3.61. The van der Waals surface area contributed by atoms with E-state index >= 15 is 0 Å². The fourth-order valence-electron chi connectivity index (χ4n) is 3.13. The van der Waals surface area contributed by atoms with Gasteiger partial charge in [-0.05, 0) is 43.7 Å². The molecule has 2 aromatic carbocycles. The molecule has 0 radical (unpaired) electrons. The van der Waals surface area contributed by atoms with Gasteiger partial charge < -0.3 is 9.64 Å². The van der Waals surface area contributed by atoms with Gasteiger partial charge in [-0.2, -0.15) is 0 Å². The van der Waals surface area contributed by atoms with Crippen LogP contribution < -0.4 is 15.9 Å². The van der Waals surface area contributed by atoms with Crippen molar-refractivity contribution in [2.45, 2.75) is 26.9 Å². The highest BCUT2D eigenvalue weighted by atomic mass is 16.5. The molecule has 1 aromatic heterocycles. The number of ether oxygens (including phenoxy) is 1. The van der Waals surface area contributed by atoms with Crippen molar-refractivity contribution in [3.63, 3.8) is 0 Å². The van der Waals surface area contributed by atoms with E-state index < -0.39 is 11.1 Å². The molecule has 7 heteroatoms. The molecule has 0 saturated heterocycles. The minimum absolute atomic E-state index is 0.182. The molecule has 0 fully saturated rings. The van der Waals surface area contributed by atoms with E-state index in [1.807, 2.05) is 44.2 Å². The van der Waals surface area contributed by atoms with Crippen LogP contribution in [0.15, 0.2) is 76.6 Å². The third-order valence-corrected chi connectivity index (χ3v) is 4.74. The van der Waals surface area contributed by atoms with Crippen LogP contribution in [0.25, 0.3) is 5.69 Å². The normalized spacial score (nSPS) is 10.6. The Bertz CT molecular complexity index is 1100. The van der Waals surface area contributed by atoms with Crippen LogP contribution in [0.3, 0.4) is 0 Å². The second-order valence-corrected chi connectivity index (χ2v) is 6.73. The zero-order chi connectivity index (χ0) is 21.5. The van der Waals surface area contributed by atoms with E-state index in [0.717, 1.165) is 10.1 Å². The lowest BCUT2D eigenvalue weighted by Crippen LogP contribution is -2.43. The number of nitrogens with zero attached hydrogens (tertiary/aromatic N) is 3. The summed E-state index contributed by atoms with van der Waals surface area (Å²) in [5.74, 6) is 0.466. The zero-order valence-electron chi connectivity index (χ0n) is 17.2. The first-order valence-corrected chi connectivity index (χ1v) is 9.90. The number of carbonyl (C=O) groups is 1. The molecule has 0 aliphatic carbocycles. The molecule has 30 heavy (non-hydrogen) atoms. The van der Waals surface area contributed by atoms with Crippen LogP contribution in [0.4, 0.5) is 0 Å². The van der Waals surface area contributed by atoms with E-state index in [1.54, 1.807) is 29.2 Å². The number of hydrogen-bond donors (Lipinski definition) is 0. The number of benzene rings is 2. The SMILES string of the molecule is CCOc1ccc(-n2ccn(CC(=O)N(CC)Cc3ccccc3)c(=O)c2=O)cc1. The zero-order valence-corrected chi connectivity index (χ0v) is 17.2. The fourth-order valence-corrected chi connectivity index (χ4v) is 3.13. The molecule has 0 unspecified atom stereocenters. The van der Waals surface area contributed by atoms with Gasteiger partial charge >= 0.3 is 11.1 Å². The quantitative estimate of drug-likeness (QED) is 0.538. The van der Waals surface area contributed by atoms with E-state index in [-0.39, 0.29) is 12.5 Å². The number of amides is 1. The van der Waals surface area contributed by atoms with Crippen molar-refractivity contribution in [2.75, 3.05) is 13.2 Å². The maximum atomic E-state index is 12.7. The van der Waals surface area contributed by atoms with Gasteiger partial charge in [-0.3, -0.25) is 23.5 Å². The molecule has 0 saturated carbocycles. The van der Waals surface area contributed by atoms with Gasteiger partial charge in [0, 0.05) is 31.2 Å². The van der Waals surface area contributed by atoms with Crippen molar-refractivity contribution in [1.29, 1.82) is 0 Å². The average Bonchev–Trinajstić information content (AvgIpc) is 2.77. The summed E-state index contributed by atoms with van der Waals surface area (Å²) in [6.45, 7) is 5.09. The summed E-state index contributed by atoms with van der Waals surface area (Å²) in [6, 6.07) is 16.5. The van der Waals surface area contributed by atoms with Crippen molar-refractivity contribution < 1.29 is 9.53 Å². The molecule has 1 heterocycles. The Morgan fingerprint density at radius 1 is 0.933 bits per heavy atom. The number of rotatable bonds is 8. The second kappa shape index (κ2) is 9.73. The molecular formula is C23H25N3O4. The van der Waals surface area contributed by atoms with E-state index in [9.17, 15) is 14.4 Å². The minimum Gasteiger partial charge on any atom is -0.494 e. The number of likely N-dealkylation sites (N-methyl/N-ethyl adjacent to an activating group) is 1. The second-order valence-electron chi connectivity index (χ2n) is 6.73. The monoisotopic (exact) mass is 407 g/mol. The Balaban J connectivity index is 1.78. The number of carbonyl (C=O) groups excluding carboxylic acids is 1. The van der Waals surface area contributed by atoms with Gasteiger partial charge in [-0.25, -0.2) is 0 Å². The molecule has 0 N–H and O–H groups in total. The summed E-state index contributed by atoms with van der Waals surface area (Å²) >= 11 is 0. The van der Waals surface area contributed by atoms with Gasteiger partial charge in [0.1, 0.15) is 12.3 Å². The molecule has 1 amide bonds. The molecule has 7 nitrogen and oxygen atoms in total. The average molecular weight is 407 g/mol. The van der Waals surface area contributed by atoms with Crippen molar-refractivity contribution >= 4 is 5.91 Å². The van der Waals surface area contributed by atoms with Crippen LogP contribution in [-0.4, -0.2) is 33.1 Å². The van der Waals surface area contributed by atoms with Crippen LogP contribution >= 0.6 is 0 Å². The maximum absolute atomic E-state index is 12.7. The highest BCUT2D eigenvalue weighted by Gasteiger charge is 2.15. The highest BCUT2D eigenvalue weighted by Crippen LogP contribution is 2.13. The van der Waals surface area contributed by atoms with Crippen LogP contribution in [-0.2, 0) is 17.9 Å². The van der Waals surface area contributed by atoms with Crippen molar-refractivity contribution in [3.05, 3.63) is 93.3 Å². The van der Waals surface area contributed by atoms with E-state index in [2.05, 4.69) is 0 Å². The number of aromatic nitrogens is 2. The van der Waals surface area contributed by atoms with Crippen molar-refractivity contribution in [3.8, 4) is 11.4 Å². The first kappa shape index (κ1) is 21.1. The van der Waals surface area contributed by atoms with Gasteiger partial charge in [0.25, 0.3) is 0 Å². The Labute approximate surface area is 174 Å². The van der Waals surface area contributed by atoms with Crippen LogP contribution in [0.5, 0.6) is 5.75 Å². The molecule has 0 aliphatic rings. The Kier molecular flexibility index (Phi) is 6.85. The van der Waals surface area contributed by atoms with E-state index in [0.29, 0.717) is 31.1 Å². The summed E-state index contributed by atoms with van der Waals surface area (Å²) < 4.78 is 7.81. The molecule has 0 atom stereocenters. The predicted octanol–water partition coefficient (Wildman–Crippen LogP) is 2.45. The molecular weight excluding hydrogens is 382 g/mol. The maximum Gasteiger partial charge on any atom is 0.320 e. The lowest BCUT2D eigenvalue weighted by molar-refractivity contribution is -0.132. The highest BCUT2D eigenvalue weighted by molar-refractivity contribution is 5.76. The standard InChI is InChI=1S/C23H25N3O4/c1-3-24(16-18-8-6-5-7-9-18)21(27)17-25-14-15-26(23(29)22(25)28)19-10-12-20(13-11-19)30-4-2/h5-15H,3-4,16-17H2,1-2H3. The molecule has 0 bridgehead atoms. The van der Waals surface area contributed by atoms with E-state index in [4.69, 9.17) is 4.74 Å². The smallest absolute Gasteiger partial charge is 0.320 e. The lowest BCUT2D eigenvalue weighted by Gasteiger charge is -2.21. The Morgan fingerprint density at radius 3 is 2.27 bits per heavy atom. The first-order chi connectivity index (χ1) is 14.5. The van der Waals surface area contributed by atoms with Crippen molar-refractivity contribution in [1.82, 2.24) is 14.0 Å². The minimum atomic E-state index is -0.740. The van der Waals surface area contributed by atoms with E-state index in [1.165, 1.54) is 17.0 Å². The summed E-state index contributed by atoms with van der Waals surface area (Å²) in [6.07, 6.45) is 2.97. The first-order valence-electron chi connectivity index (χ1n) is 9.90. The van der Waals surface area contributed by atoms with Gasteiger partial charge in [0.05, 0.1) is 6.61 Å².